The highest BCUT2D eigenvalue weighted by Crippen LogP contribution is 2.16. The molecule has 3 aromatic rings. The minimum atomic E-state index is -3.66. The normalized spacial score (nSPS) is 11.2. The number of benzene rings is 3. The van der Waals surface area contributed by atoms with Crippen LogP contribution in [0.4, 0.5) is 10.1 Å². The second-order valence-electron chi connectivity index (χ2n) is 6.09. The minimum absolute atomic E-state index is 0.0817. The maximum absolute atomic E-state index is 13.7. The van der Waals surface area contributed by atoms with E-state index < -0.39 is 21.7 Å². The van der Waals surface area contributed by atoms with Crippen molar-refractivity contribution in [2.75, 3.05) is 11.9 Å². The number of amides is 1. The van der Waals surface area contributed by atoms with Crippen molar-refractivity contribution >= 4 is 21.6 Å². The van der Waals surface area contributed by atoms with E-state index in [4.69, 9.17) is 0 Å². The highest BCUT2D eigenvalue weighted by Gasteiger charge is 2.15. The van der Waals surface area contributed by atoms with Crippen molar-refractivity contribution in [1.29, 1.82) is 0 Å². The van der Waals surface area contributed by atoms with Crippen LogP contribution in [0.2, 0.25) is 0 Å². The number of anilines is 1. The van der Waals surface area contributed by atoms with Gasteiger partial charge < -0.3 is 5.32 Å². The maximum atomic E-state index is 13.7. The first-order valence-electron chi connectivity index (χ1n) is 8.65. The lowest BCUT2D eigenvalue weighted by Crippen LogP contribution is -2.26. The third-order valence-electron chi connectivity index (χ3n) is 4.09. The maximum Gasteiger partial charge on any atom is 0.258 e. The van der Waals surface area contributed by atoms with E-state index in [-0.39, 0.29) is 17.0 Å². The molecule has 0 unspecified atom stereocenters. The zero-order valence-corrected chi connectivity index (χ0v) is 15.7. The molecule has 144 valence electrons. The summed E-state index contributed by atoms with van der Waals surface area (Å²) in [7, 11) is -3.66. The SMILES string of the molecule is O=C(Nc1ccc(S(=O)(=O)NCCc2ccccc2)cc1)c1ccccc1F. The largest absolute Gasteiger partial charge is 0.322 e. The first kappa shape index (κ1) is 19.7. The lowest BCUT2D eigenvalue weighted by molar-refractivity contribution is 0.102. The van der Waals surface area contributed by atoms with Gasteiger partial charge in [0.05, 0.1) is 10.5 Å². The predicted molar refractivity (Wildman–Crippen MR) is 106 cm³/mol. The van der Waals surface area contributed by atoms with E-state index in [0.29, 0.717) is 12.1 Å². The number of rotatable bonds is 7. The topological polar surface area (TPSA) is 75.3 Å². The molecule has 0 aromatic heterocycles. The molecule has 2 N–H and O–H groups in total. The summed E-state index contributed by atoms with van der Waals surface area (Å²) in [6.45, 7) is 0.276. The van der Waals surface area contributed by atoms with Crippen molar-refractivity contribution in [3.05, 3.63) is 95.8 Å². The number of carbonyl (C=O) groups is 1. The van der Waals surface area contributed by atoms with Gasteiger partial charge in [-0.05, 0) is 48.4 Å². The Kier molecular flexibility index (Phi) is 6.18. The standard InChI is InChI=1S/C21H19FN2O3S/c22-20-9-5-4-8-19(20)21(25)24-17-10-12-18(13-11-17)28(26,27)23-15-14-16-6-2-1-3-7-16/h1-13,23H,14-15H2,(H,24,25). The molecule has 28 heavy (non-hydrogen) atoms. The van der Waals surface area contributed by atoms with E-state index in [0.717, 1.165) is 5.56 Å². The van der Waals surface area contributed by atoms with E-state index in [2.05, 4.69) is 10.0 Å². The highest BCUT2D eigenvalue weighted by atomic mass is 32.2. The Hall–Kier alpha value is -3.03. The fourth-order valence-corrected chi connectivity index (χ4v) is 3.65. The van der Waals surface area contributed by atoms with E-state index in [1.54, 1.807) is 6.07 Å². The van der Waals surface area contributed by atoms with E-state index >= 15 is 0 Å². The van der Waals surface area contributed by atoms with Crippen molar-refractivity contribution in [2.24, 2.45) is 0 Å². The molecule has 5 nitrogen and oxygen atoms in total. The van der Waals surface area contributed by atoms with Gasteiger partial charge in [0.25, 0.3) is 5.91 Å². The summed E-state index contributed by atoms with van der Waals surface area (Å²) in [6, 6.07) is 20.9. The molecule has 0 saturated carbocycles. The van der Waals surface area contributed by atoms with Crippen LogP contribution in [-0.2, 0) is 16.4 Å². The molecule has 0 bridgehead atoms. The van der Waals surface area contributed by atoms with Gasteiger partial charge in [-0.3, -0.25) is 4.79 Å². The van der Waals surface area contributed by atoms with E-state index in [1.165, 1.54) is 42.5 Å². The van der Waals surface area contributed by atoms with Gasteiger partial charge in [0.2, 0.25) is 10.0 Å². The summed E-state index contributed by atoms with van der Waals surface area (Å²) in [4.78, 5) is 12.2. The van der Waals surface area contributed by atoms with Crippen LogP contribution in [0.15, 0.2) is 83.8 Å². The first-order chi connectivity index (χ1) is 13.5. The lowest BCUT2D eigenvalue weighted by Gasteiger charge is -2.09. The quantitative estimate of drug-likeness (QED) is 0.639. The van der Waals surface area contributed by atoms with Crippen LogP contribution in [0.3, 0.4) is 0 Å². The Morgan fingerprint density at radius 3 is 2.18 bits per heavy atom. The van der Waals surface area contributed by atoms with Gasteiger partial charge in [0.15, 0.2) is 0 Å². The van der Waals surface area contributed by atoms with Crippen LogP contribution >= 0.6 is 0 Å². The summed E-state index contributed by atoms with van der Waals surface area (Å²) >= 11 is 0. The number of hydrogen-bond acceptors (Lipinski definition) is 3. The second kappa shape index (κ2) is 8.77. The average molecular weight is 398 g/mol. The zero-order chi connectivity index (χ0) is 20.0. The molecule has 0 atom stereocenters. The van der Waals surface area contributed by atoms with Crippen molar-refractivity contribution in [3.63, 3.8) is 0 Å². The highest BCUT2D eigenvalue weighted by molar-refractivity contribution is 7.89. The third kappa shape index (κ3) is 5.03. The Morgan fingerprint density at radius 1 is 0.857 bits per heavy atom. The molecule has 0 aliphatic carbocycles. The number of carbonyl (C=O) groups excluding carboxylic acids is 1. The predicted octanol–water partition coefficient (Wildman–Crippen LogP) is 3.60. The molecule has 0 spiro atoms. The average Bonchev–Trinajstić information content (AvgIpc) is 2.69. The van der Waals surface area contributed by atoms with Crippen LogP contribution < -0.4 is 10.0 Å². The van der Waals surface area contributed by atoms with Gasteiger partial charge in [0.1, 0.15) is 5.82 Å². The fourth-order valence-electron chi connectivity index (χ4n) is 2.62. The molecule has 0 aliphatic heterocycles. The summed E-state index contributed by atoms with van der Waals surface area (Å²) in [5.74, 6) is -1.23. The van der Waals surface area contributed by atoms with Gasteiger partial charge in [-0.2, -0.15) is 0 Å². The fraction of sp³-hybridized carbons (Fsp3) is 0.0952. The molecular formula is C21H19FN2O3S. The van der Waals surface area contributed by atoms with Crippen LogP contribution in [-0.4, -0.2) is 20.9 Å². The molecule has 0 heterocycles. The Bertz CT molecular complexity index is 1050. The van der Waals surface area contributed by atoms with Gasteiger partial charge in [-0.25, -0.2) is 17.5 Å². The van der Waals surface area contributed by atoms with Crippen molar-refractivity contribution in [1.82, 2.24) is 4.72 Å². The van der Waals surface area contributed by atoms with Crippen molar-refractivity contribution in [2.45, 2.75) is 11.3 Å². The third-order valence-corrected chi connectivity index (χ3v) is 5.57. The van der Waals surface area contributed by atoms with Crippen LogP contribution in [0.25, 0.3) is 0 Å². The van der Waals surface area contributed by atoms with Gasteiger partial charge in [-0.1, -0.05) is 42.5 Å². The van der Waals surface area contributed by atoms with Gasteiger partial charge >= 0.3 is 0 Å². The van der Waals surface area contributed by atoms with E-state index in [1.807, 2.05) is 30.3 Å². The lowest BCUT2D eigenvalue weighted by atomic mass is 10.2. The smallest absolute Gasteiger partial charge is 0.258 e. The molecule has 1 amide bonds. The molecule has 3 rings (SSSR count). The summed E-state index contributed by atoms with van der Waals surface area (Å²) in [5, 5.41) is 2.55. The molecule has 0 fully saturated rings. The van der Waals surface area contributed by atoms with E-state index in [9.17, 15) is 17.6 Å². The molecule has 7 heteroatoms. The summed E-state index contributed by atoms with van der Waals surface area (Å²) in [5.41, 5.74) is 1.33. The summed E-state index contributed by atoms with van der Waals surface area (Å²) in [6.07, 6.45) is 0.580. The first-order valence-corrected chi connectivity index (χ1v) is 10.1. The van der Waals surface area contributed by atoms with Crippen molar-refractivity contribution in [3.8, 4) is 0 Å². The number of sulfonamides is 1. The van der Waals surface area contributed by atoms with Crippen molar-refractivity contribution < 1.29 is 17.6 Å². The minimum Gasteiger partial charge on any atom is -0.322 e. The Labute approximate surface area is 163 Å². The molecular weight excluding hydrogens is 379 g/mol. The van der Waals surface area contributed by atoms with Gasteiger partial charge in [0, 0.05) is 12.2 Å². The monoisotopic (exact) mass is 398 g/mol. The van der Waals surface area contributed by atoms with Crippen LogP contribution in [0, 0.1) is 5.82 Å². The number of nitrogens with one attached hydrogen (secondary N) is 2. The van der Waals surface area contributed by atoms with Crippen LogP contribution in [0.1, 0.15) is 15.9 Å². The zero-order valence-electron chi connectivity index (χ0n) is 14.9. The number of hydrogen-bond donors (Lipinski definition) is 2. The summed E-state index contributed by atoms with van der Waals surface area (Å²) < 4.78 is 41.0. The molecule has 3 aromatic carbocycles. The number of halogens is 1. The second-order valence-corrected chi connectivity index (χ2v) is 7.86. The Balaban J connectivity index is 1.61. The molecule has 0 aliphatic rings. The molecule has 0 saturated heterocycles. The Morgan fingerprint density at radius 2 is 1.50 bits per heavy atom. The van der Waals surface area contributed by atoms with Gasteiger partial charge in [-0.15, -0.1) is 0 Å². The molecule has 0 radical (unpaired) electrons. The van der Waals surface area contributed by atoms with Crippen LogP contribution in [0.5, 0.6) is 0 Å².